The first kappa shape index (κ1) is 16.0. The van der Waals surface area contributed by atoms with Crippen LogP contribution in [0.2, 0.25) is 0 Å². The number of phenols is 1. The number of phenolic OH excluding ortho intramolecular Hbond substituents is 1. The lowest BCUT2D eigenvalue weighted by Gasteiger charge is -2.17. The Morgan fingerprint density at radius 2 is 1.83 bits per heavy atom. The first-order valence-electron chi connectivity index (χ1n) is 5.95. The van der Waals surface area contributed by atoms with Crippen LogP contribution >= 0.6 is 31.9 Å². The van der Waals surface area contributed by atoms with E-state index in [1.54, 1.807) is 0 Å². The molecule has 0 bridgehead atoms. The molecule has 1 rings (SSSR count). The van der Waals surface area contributed by atoms with Crippen molar-refractivity contribution in [3.63, 3.8) is 0 Å². The number of halogens is 2. The topological polar surface area (TPSA) is 35.5 Å². The molecule has 0 saturated carbocycles. The molecule has 0 aliphatic rings. The van der Waals surface area contributed by atoms with E-state index in [9.17, 15) is 5.11 Å². The number of nitrogens with one attached hydrogen (secondary N) is 1. The summed E-state index contributed by atoms with van der Waals surface area (Å²) in [5.74, 6) is 0.249. The molecular formula is C13H20Br2N2O. The molecule has 0 radical (unpaired) electrons. The Morgan fingerprint density at radius 1 is 1.28 bits per heavy atom. The fourth-order valence-electron chi connectivity index (χ4n) is 1.57. The third-order valence-electron chi connectivity index (χ3n) is 2.74. The van der Waals surface area contributed by atoms with E-state index < -0.39 is 0 Å². The monoisotopic (exact) mass is 378 g/mol. The van der Waals surface area contributed by atoms with Gasteiger partial charge in [-0.05, 0) is 83.5 Å². The second-order valence-corrected chi connectivity index (χ2v) is 6.49. The quantitative estimate of drug-likeness (QED) is 0.795. The second kappa shape index (κ2) is 7.48. The molecule has 3 nitrogen and oxygen atoms in total. The molecule has 1 aromatic carbocycles. The van der Waals surface area contributed by atoms with Crippen LogP contribution in [0.4, 0.5) is 0 Å². The Balaban J connectivity index is 2.48. The van der Waals surface area contributed by atoms with Gasteiger partial charge in [-0.25, -0.2) is 0 Å². The van der Waals surface area contributed by atoms with Crippen molar-refractivity contribution in [1.29, 1.82) is 0 Å². The van der Waals surface area contributed by atoms with Gasteiger partial charge in [-0.15, -0.1) is 0 Å². The van der Waals surface area contributed by atoms with Crippen molar-refractivity contribution < 1.29 is 5.11 Å². The van der Waals surface area contributed by atoms with Gasteiger partial charge in [0.1, 0.15) is 5.75 Å². The minimum atomic E-state index is 0.249. The van der Waals surface area contributed by atoms with Crippen molar-refractivity contribution in [2.24, 2.45) is 0 Å². The summed E-state index contributed by atoms with van der Waals surface area (Å²) >= 11 is 6.68. The molecule has 0 saturated heterocycles. The number of aromatic hydroxyl groups is 1. The number of rotatable bonds is 6. The van der Waals surface area contributed by atoms with Gasteiger partial charge in [0.2, 0.25) is 0 Å². The molecule has 0 aliphatic carbocycles. The van der Waals surface area contributed by atoms with Crippen LogP contribution in [-0.2, 0) is 6.54 Å². The summed E-state index contributed by atoms with van der Waals surface area (Å²) in [6.45, 7) is 4.07. The average molecular weight is 380 g/mol. The third kappa shape index (κ3) is 5.26. The fourth-order valence-corrected chi connectivity index (χ4v) is 2.85. The number of hydrogen-bond donors (Lipinski definition) is 2. The van der Waals surface area contributed by atoms with Crippen molar-refractivity contribution in [3.8, 4) is 5.75 Å². The summed E-state index contributed by atoms with van der Waals surface area (Å²) in [4.78, 5) is 2.19. The van der Waals surface area contributed by atoms with E-state index in [-0.39, 0.29) is 5.75 Å². The molecule has 0 aromatic heterocycles. The maximum Gasteiger partial charge on any atom is 0.143 e. The highest BCUT2D eigenvalue weighted by molar-refractivity contribution is 9.11. The summed E-state index contributed by atoms with van der Waals surface area (Å²) in [6.07, 6.45) is 1.12. The Hall–Kier alpha value is -0.100. The van der Waals surface area contributed by atoms with Crippen LogP contribution in [0, 0.1) is 0 Å². The lowest BCUT2D eigenvalue weighted by Crippen LogP contribution is -2.29. The van der Waals surface area contributed by atoms with Gasteiger partial charge in [-0.1, -0.05) is 0 Å². The van der Waals surface area contributed by atoms with Gasteiger partial charge in [-0.2, -0.15) is 0 Å². The maximum atomic E-state index is 9.63. The molecule has 0 spiro atoms. The molecule has 5 heteroatoms. The molecule has 18 heavy (non-hydrogen) atoms. The lowest BCUT2D eigenvalue weighted by atomic mass is 10.2. The zero-order valence-electron chi connectivity index (χ0n) is 11.0. The summed E-state index contributed by atoms with van der Waals surface area (Å²) in [7, 11) is 4.17. The van der Waals surface area contributed by atoms with Crippen molar-refractivity contribution in [2.45, 2.75) is 25.9 Å². The first-order chi connectivity index (χ1) is 8.40. The molecule has 102 valence electrons. The normalized spacial score (nSPS) is 13.0. The molecule has 1 atom stereocenters. The first-order valence-corrected chi connectivity index (χ1v) is 7.53. The molecule has 0 amide bonds. The van der Waals surface area contributed by atoms with Gasteiger partial charge in [0, 0.05) is 12.6 Å². The molecular weight excluding hydrogens is 360 g/mol. The van der Waals surface area contributed by atoms with E-state index in [0.717, 1.165) is 34.0 Å². The Labute approximate surface area is 126 Å². The van der Waals surface area contributed by atoms with Gasteiger partial charge in [0.25, 0.3) is 0 Å². The van der Waals surface area contributed by atoms with E-state index >= 15 is 0 Å². The van der Waals surface area contributed by atoms with Gasteiger partial charge in [-0.3, -0.25) is 0 Å². The number of benzene rings is 1. The smallest absolute Gasteiger partial charge is 0.143 e. The van der Waals surface area contributed by atoms with Crippen LogP contribution in [0.25, 0.3) is 0 Å². The van der Waals surface area contributed by atoms with E-state index in [2.05, 4.69) is 63.1 Å². The van der Waals surface area contributed by atoms with Crippen LogP contribution in [0.1, 0.15) is 18.9 Å². The van der Waals surface area contributed by atoms with E-state index in [0.29, 0.717) is 6.04 Å². The molecule has 1 unspecified atom stereocenters. The minimum Gasteiger partial charge on any atom is -0.506 e. The summed E-state index contributed by atoms with van der Waals surface area (Å²) in [6, 6.07) is 4.34. The van der Waals surface area contributed by atoms with E-state index in [1.807, 2.05) is 12.1 Å². The number of nitrogens with zero attached hydrogens (tertiary/aromatic N) is 1. The Kier molecular flexibility index (Phi) is 6.63. The SMILES string of the molecule is CC(CCN(C)C)NCc1cc(Br)c(O)c(Br)c1. The van der Waals surface area contributed by atoms with Crippen LogP contribution in [0.3, 0.4) is 0 Å². The minimum absolute atomic E-state index is 0.249. The third-order valence-corrected chi connectivity index (χ3v) is 3.95. The van der Waals surface area contributed by atoms with Crippen LogP contribution < -0.4 is 5.32 Å². The summed E-state index contributed by atoms with van der Waals surface area (Å²) in [5, 5.41) is 13.1. The number of hydrogen-bond acceptors (Lipinski definition) is 3. The molecule has 0 fully saturated rings. The standard InChI is InChI=1S/C13H20Br2N2O/c1-9(4-5-17(2)3)16-8-10-6-11(14)13(18)12(15)7-10/h6-7,9,16,18H,4-5,8H2,1-3H3. The zero-order chi connectivity index (χ0) is 13.7. The van der Waals surface area contributed by atoms with Crippen molar-refractivity contribution in [1.82, 2.24) is 10.2 Å². The van der Waals surface area contributed by atoms with Gasteiger partial charge >= 0.3 is 0 Å². The van der Waals surface area contributed by atoms with Gasteiger partial charge in [0.15, 0.2) is 0 Å². The molecule has 0 heterocycles. The van der Waals surface area contributed by atoms with E-state index in [4.69, 9.17) is 0 Å². The highest BCUT2D eigenvalue weighted by atomic mass is 79.9. The predicted octanol–water partition coefficient (Wildman–Crippen LogP) is 3.35. The Morgan fingerprint density at radius 3 is 2.33 bits per heavy atom. The van der Waals surface area contributed by atoms with Crippen LogP contribution in [0.5, 0.6) is 5.75 Å². The fraction of sp³-hybridized carbons (Fsp3) is 0.538. The zero-order valence-corrected chi connectivity index (χ0v) is 14.2. The van der Waals surface area contributed by atoms with E-state index in [1.165, 1.54) is 0 Å². The van der Waals surface area contributed by atoms with Crippen LogP contribution in [-0.4, -0.2) is 36.7 Å². The predicted molar refractivity (Wildman–Crippen MR) is 83.0 cm³/mol. The molecule has 2 N–H and O–H groups in total. The Bertz CT molecular complexity index is 374. The highest BCUT2D eigenvalue weighted by Gasteiger charge is 2.07. The highest BCUT2D eigenvalue weighted by Crippen LogP contribution is 2.33. The van der Waals surface area contributed by atoms with Gasteiger partial charge < -0.3 is 15.3 Å². The lowest BCUT2D eigenvalue weighted by molar-refractivity contribution is 0.365. The maximum absolute atomic E-state index is 9.63. The van der Waals surface area contributed by atoms with Gasteiger partial charge in [0.05, 0.1) is 8.95 Å². The van der Waals surface area contributed by atoms with Crippen LogP contribution in [0.15, 0.2) is 21.1 Å². The van der Waals surface area contributed by atoms with Crippen molar-refractivity contribution >= 4 is 31.9 Å². The van der Waals surface area contributed by atoms with Crippen molar-refractivity contribution in [3.05, 3.63) is 26.6 Å². The molecule has 1 aromatic rings. The average Bonchev–Trinajstić information content (AvgIpc) is 2.30. The molecule has 0 aliphatic heterocycles. The second-order valence-electron chi connectivity index (χ2n) is 4.78. The van der Waals surface area contributed by atoms with Crippen molar-refractivity contribution in [2.75, 3.05) is 20.6 Å². The summed E-state index contributed by atoms with van der Waals surface area (Å²) in [5.41, 5.74) is 1.14. The largest absolute Gasteiger partial charge is 0.506 e. The summed E-state index contributed by atoms with van der Waals surface area (Å²) < 4.78 is 1.43.